The van der Waals surface area contributed by atoms with Crippen LogP contribution in [0.5, 0.6) is 5.75 Å². The Labute approximate surface area is 130 Å². The van der Waals surface area contributed by atoms with Gasteiger partial charge >= 0.3 is 0 Å². The van der Waals surface area contributed by atoms with Crippen LogP contribution in [0.4, 0.5) is 5.69 Å². The zero-order chi connectivity index (χ0) is 14.7. The Hall–Kier alpha value is -1.79. The van der Waals surface area contributed by atoms with Gasteiger partial charge in [-0.15, -0.1) is 12.4 Å². The Morgan fingerprint density at radius 1 is 1.48 bits per heavy atom. The van der Waals surface area contributed by atoms with Gasteiger partial charge in [-0.25, -0.2) is 0 Å². The molecule has 3 N–H and O–H groups in total. The SMILES string of the molecule is CNC(C)CNC(=O)c1cccc2c1OC(C)C(=O)N2.Cl. The summed E-state index contributed by atoms with van der Waals surface area (Å²) in [6.07, 6.45) is -0.604. The van der Waals surface area contributed by atoms with Crippen LogP contribution in [0.25, 0.3) is 0 Å². The predicted molar refractivity (Wildman–Crippen MR) is 83.3 cm³/mol. The number of halogens is 1. The summed E-state index contributed by atoms with van der Waals surface area (Å²) in [6.45, 7) is 4.14. The van der Waals surface area contributed by atoms with Gasteiger partial charge in [0.25, 0.3) is 11.8 Å². The highest BCUT2D eigenvalue weighted by atomic mass is 35.5. The van der Waals surface area contributed by atoms with Gasteiger partial charge in [0.15, 0.2) is 11.9 Å². The van der Waals surface area contributed by atoms with Gasteiger partial charge in [-0.05, 0) is 33.0 Å². The van der Waals surface area contributed by atoms with Crippen LogP contribution in [0.3, 0.4) is 0 Å². The summed E-state index contributed by atoms with van der Waals surface area (Å²) >= 11 is 0. The molecule has 1 aromatic carbocycles. The fourth-order valence-corrected chi connectivity index (χ4v) is 1.85. The van der Waals surface area contributed by atoms with E-state index in [1.165, 1.54) is 0 Å². The van der Waals surface area contributed by atoms with Crippen LogP contribution >= 0.6 is 12.4 Å². The van der Waals surface area contributed by atoms with Crippen LogP contribution in [-0.2, 0) is 4.79 Å². The van der Waals surface area contributed by atoms with Gasteiger partial charge in [0.1, 0.15) is 0 Å². The molecule has 21 heavy (non-hydrogen) atoms. The summed E-state index contributed by atoms with van der Waals surface area (Å²) in [7, 11) is 1.83. The summed E-state index contributed by atoms with van der Waals surface area (Å²) in [4.78, 5) is 23.7. The molecule has 0 saturated carbocycles. The summed E-state index contributed by atoms with van der Waals surface area (Å²) in [5.74, 6) is 0.000345. The lowest BCUT2D eigenvalue weighted by molar-refractivity contribution is -0.122. The zero-order valence-corrected chi connectivity index (χ0v) is 13.0. The summed E-state index contributed by atoms with van der Waals surface area (Å²) in [6, 6.07) is 5.29. The number of hydrogen-bond acceptors (Lipinski definition) is 4. The van der Waals surface area contributed by atoms with Crippen molar-refractivity contribution in [2.24, 2.45) is 0 Å². The Morgan fingerprint density at radius 3 is 2.86 bits per heavy atom. The normalized spacial score (nSPS) is 17.7. The molecular formula is C14H20ClN3O3. The van der Waals surface area contributed by atoms with Gasteiger partial charge in [-0.2, -0.15) is 0 Å². The van der Waals surface area contributed by atoms with Crippen molar-refractivity contribution < 1.29 is 14.3 Å². The van der Waals surface area contributed by atoms with Crippen molar-refractivity contribution in [3.63, 3.8) is 0 Å². The molecular weight excluding hydrogens is 294 g/mol. The molecule has 0 saturated heterocycles. The van der Waals surface area contributed by atoms with Crippen LogP contribution < -0.4 is 20.7 Å². The molecule has 0 aliphatic carbocycles. The Bertz CT molecular complexity index is 536. The highest BCUT2D eigenvalue weighted by Gasteiger charge is 2.27. The van der Waals surface area contributed by atoms with E-state index < -0.39 is 6.10 Å². The number of anilines is 1. The fraction of sp³-hybridized carbons (Fsp3) is 0.429. The summed E-state index contributed by atoms with van der Waals surface area (Å²) in [5.41, 5.74) is 0.958. The van der Waals surface area contributed by atoms with E-state index in [9.17, 15) is 9.59 Å². The molecule has 6 nitrogen and oxygen atoms in total. The molecule has 0 radical (unpaired) electrons. The van der Waals surface area contributed by atoms with Crippen LogP contribution in [0, 0.1) is 0 Å². The smallest absolute Gasteiger partial charge is 0.265 e. The Balaban J connectivity index is 0.00000220. The van der Waals surface area contributed by atoms with E-state index in [4.69, 9.17) is 4.74 Å². The lowest BCUT2D eigenvalue weighted by Gasteiger charge is -2.25. The first-order chi connectivity index (χ1) is 9.52. The van der Waals surface area contributed by atoms with Gasteiger partial charge in [-0.1, -0.05) is 6.07 Å². The number of likely N-dealkylation sites (N-methyl/N-ethyl adjacent to an activating group) is 1. The predicted octanol–water partition coefficient (Wildman–Crippen LogP) is 1.17. The van der Waals surface area contributed by atoms with Crippen LogP contribution in [0.15, 0.2) is 18.2 Å². The largest absolute Gasteiger partial charge is 0.478 e. The van der Waals surface area contributed by atoms with Crippen LogP contribution in [-0.4, -0.2) is 37.6 Å². The molecule has 2 atom stereocenters. The molecule has 1 heterocycles. The number of hydrogen-bond donors (Lipinski definition) is 3. The van der Waals surface area contributed by atoms with E-state index in [2.05, 4.69) is 16.0 Å². The third-order valence-electron chi connectivity index (χ3n) is 3.24. The maximum Gasteiger partial charge on any atom is 0.265 e. The fourth-order valence-electron chi connectivity index (χ4n) is 1.85. The van der Waals surface area contributed by atoms with Gasteiger partial charge in [0.05, 0.1) is 11.3 Å². The van der Waals surface area contributed by atoms with Crippen molar-refractivity contribution in [3.8, 4) is 5.75 Å². The lowest BCUT2D eigenvalue weighted by atomic mass is 10.1. The zero-order valence-electron chi connectivity index (χ0n) is 12.2. The van der Waals surface area contributed by atoms with Crippen LogP contribution in [0.2, 0.25) is 0 Å². The van der Waals surface area contributed by atoms with Crippen molar-refractivity contribution in [2.45, 2.75) is 26.0 Å². The number of rotatable bonds is 4. The van der Waals surface area contributed by atoms with E-state index in [0.717, 1.165) is 0 Å². The highest BCUT2D eigenvalue weighted by Crippen LogP contribution is 2.33. The molecule has 0 bridgehead atoms. The molecule has 1 aromatic rings. The average molecular weight is 314 g/mol. The standard InChI is InChI=1S/C14H19N3O3.ClH/c1-8(15-3)7-16-14(19)10-5-4-6-11-12(10)20-9(2)13(18)17-11;/h4-6,8-9,15H,7H2,1-3H3,(H,16,19)(H,17,18);1H. The van der Waals surface area contributed by atoms with Crippen molar-refractivity contribution in [2.75, 3.05) is 18.9 Å². The van der Waals surface area contributed by atoms with Gasteiger partial charge in [0.2, 0.25) is 0 Å². The molecule has 2 rings (SSSR count). The third-order valence-corrected chi connectivity index (χ3v) is 3.24. The number of ether oxygens (including phenoxy) is 1. The first-order valence-corrected chi connectivity index (χ1v) is 6.59. The highest BCUT2D eigenvalue weighted by molar-refractivity contribution is 6.03. The average Bonchev–Trinajstić information content (AvgIpc) is 2.45. The molecule has 2 amide bonds. The Morgan fingerprint density at radius 2 is 2.19 bits per heavy atom. The molecule has 1 aliphatic heterocycles. The van der Waals surface area contributed by atoms with Crippen molar-refractivity contribution in [1.29, 1.82) is 0 Å². The molecule has 0 fully saturated rings. The van der Waals surface area contributed by atoms with E-state index in [0.29, 0.717) is 23.5 Å². The quantitative estimate of drug-likeness (QED) is 0.779. The van der Waals surface area contributed by atoms with Crippen molar-refractivity contribution in [3.05, 3.63) is 23.8 Å². The second-order valence-corrected chi connectivity index (χ2v) is 4.83. The maximum atomic E-state index is 12.2. The second-order valence-electron chi connectivity index (χ2n) is 4.83. The number of fused-ring (bicyclic) bond motifs is 1. The maximum absolute atomic E-state index is 12.2. The summed E-state index contributed by atoms with van der Waals surface area (Å²) in [5, 5.41) is 8.60. The lowest BCUT2D eigenvalue weighted by Crippen LogP contribution is -2.38. The third kappa shape index (κ3) is 3.86. The number of para-hydroxylation sites is 1. The topological polar surface area (TPSA) is 79.5 Å². The second kappa shape index (κ2) is 7.28. The van der Waals surface area contributed by atoms with Crippen molar-refractivity contribution in [1.82, 2.24) is 10.6 Å². The van der Waals surface area contributed by atoms with E-state index >= 15 is 0 Å². The van der Waals surface area contributed by atoms with Gasteiger partial charge in [-0.3, -0.25) is 9.59 Å². The molecule has 116 valence electrons. The van der Waals surface area contributed by atoms with E-state index in [-0.39, 0.29) is 30.3 Å². The van der Waals surface area contributed by atoms with Gasteiger partial charge in [0, 0.05) is 12.6 Å². The number of nitrogens with one attached hydrogen (secondary N) is 3. The van der Waals surface area contributed by atoms with E-state index in [1.54, 1.807) is 25.1 Å². The van der Waals surface area contributed by atoms with E-state index in [1.807, 2.05) is 14.0 Å². The number of benzene rings is 1. The van der Waals surface area contributed by atoms with Crippen LogP contribution in [0.1, 0.15) is 24.2 Å². The minimum Gasteiger partial charge on any atom is -0.478 e. The first kappa shape index (κ1) is 17.3. The minimum absolute atomic E-state index is 0. The molecule has 7 heteroatoms. The minimum atomic E-state index is -0.604. The number of carbonyl (C=O) groups excluding carboxylic acids is 2. The monoisotopic (exact) mass is 313 g/mol. The summed E-state index contributed by atoms with van der Waals surface area (Å²) < 4.78 is 5.54. The van der Waals surface area contributed by atoms with Gasteiger partial charge < -0.3 is 20.7 Å². The molecule has 0 aromatic heterocycles. The number of amides is 2. The number of carbonyl (C=O) groups is 2. The molecule has 2 unspecified atom stereocenters. The van der Waals surface area contributed by atoms with Crippen molar-refractivity contribution >= 4 is 29.9 Å². The first-order valence-electron chi connectivity index (χ1n) is 6.59. The Kier molecular flexibility index (Phi) is 5.99. The molecule has 1 aliphatic rings. The molecule has 0 spiro atoms.